The Morgan fingerprint density at radius 1 is 1.21 bits per heavy atom. The van der Waals surface area contributed by atoms with Crippen LogP contribution in [0.4, 0.5) is 10.1 Å². The summed E-state index contributed by atoms with van der Waals surface area (Å²) in [5, 5.41) is 2.76. The van der Waals surface area contributed by atoms with Gasteiger partial charge in [0.05, 0.1) is 0 Å². The van der Waals surface area contributed by atoms with Crippen LogP contribution in [0.15, 0.2) is 46.9 Å². The van der Waals surface area contributed by atoms with Crippen molar-refractivity contribution in [2.24, 2.45) is 0 Å². The number of halogens is 2. The number of hydrogen-bond donors (Lipinski definition) is 1. The molecule has 0 unspecified atom stereocenters. The maximum atomic E-state index is 13.3. The Kier molecular flexibility index (Phi) is 4.94. The smallest absolute Gasteiger partial charge is 0.251 e. The van der Waals surface area contributed by atoms with Gasteiger partial charge in [-0.25, -0.2) is 4.39 Å². The van der Waals surface area contributed by atoms with Gasteiger partial charge in [0.25, 0.3) is 5.91 Å². The predicted molar refractivity (Wildman–Crippen MR) is 93.3 cm³/mol. The number of nitrogens with zero attached hydrogens (tertiary/aromatic N) is 1. The van der Waals surface area contributed by atoms with Crippen LogP contribution in [0.3, 0.4) is 0 Å². The van der Waals surface area contributed by atoms with Crippen molar-refractivity contribution < 1.29 is 14.0 Å². The minimum absolute atomic E-state index is 0.146. The Morgan fingerprint density at radius 3 is 2.58 bits per heavy atom. The van der Waals surface area contributed by atoms with Gasteiger partial charge in [-0.2, -0.15) is 0 Å². The molecule has 1 N–H and O–H groups in total. The average molecular weight is 391 g/mol. The van der Waals surface area contributed by atoms with E-state index in [-0.39, 0.29) is 17.4 Å². The van der Waals surface area contributed by atoms with Crippen LogP contribution in [0.2, 0.25) is 0 Å². The maximum absolute atomic E-state index is 13.3. The van der Waals surface area contributed by atoms with Gasteiger partial charge in [0.1, 0.15) is 5.82 Å². The Balaban J connectivity index is 1.62. The summed E-state index contributed by atoms with van der Waals surface area (Å²) in [6.45, 7) is 1.09. The van der Waals surface area contributed by atoms with E-state index in [1.165, 1.54) is 12.1 Å². The second kappa shape index (κ2) is 7.13. The molecule has 0 aliphatic carbocycles. The van der Waals surface area contributed by atoms with Crippen molar-refractivity contribution >= 4 is 33.4 Å². The Hall–Kier alpha value is -2.21. The lowest BCUT2D eigenvalue weighted by molar-refractivity contribution is -0.117. The number of hydrogen-bond acceptors (Lipinski definition) is 2. The topological polar surface area (TPSA) is 49.4 Å². The first-order chi connectivity index (χ1) is 11.5. The zero-order chi connectivity index (χ0) is 17.1. The van der Waals surface area contributed by atoms with E-state index in [4.69, 9.17) is 0 Å². The molecule has 0 aromatic heterocycles. The quantitative estimate of drug-likeness (QED) is 0.865. The Morgan fingerprint density at radius 2 is 1.96 bits per heavy atom. The van der Waals surface area contributed by atoms with Crippen molar-refractivity contribution in [1.82, 2.24) is 5.32 Å². The van der Waals surface area contributed by atoms with E-state index in [0.29, 0.717) is 17.4 Å². The minimum atomic E-state index is -0.464. The Labute approximate surface area is 147 Å². The lowest BCUT2D eigenvalue weighted by Crippen LogP contribution is -2.24. The highest BCUT2D eigenvalue weighted by Crippen LogP contribution is 2.21. The molecule has 3 rings (SSSR count). The fraction of sp³-hybridized carbons (Fsp3) is 0.222. The van der Waals surface area contributed by atoms with Crippen molar-refractivity contribution in [2.45, 2.75) is 19.4 Å². The predicted octanol–water partition coefficient (Wildman–Crippen LogP) is 3.65. The summed E-state index contributed by atoms with van der Waals surface area (Å²) in [7, 11) is 0. The molecule has 0 saturated carbocycles. The van der Waals surface area contributed by atoms with Crippen molar-refractivity contribution in [2.75, 3.05) is 11.4 Å². The summed E-state index contributed by atoms with van der Waals surface area (Å²) in [5.74, 6) is -0.657. The molecule has 2 amide bonds. The standard InChI is InChI=1S/C18H16BrFN2O2/c19-14-8-13(9-15(20)10-14)18(24)21-11-12-3-5-16(6-4-12)22-7-1-2-17(22)23/h3-6,8-10H,1-2,7,11H2,(H,21,24). The molecule has 2 aromatic carbocycles. The van der Waals surface area contributed by atoms with Gasteiger partial charge in [0, 0.05) is 35.2 Å². The third-order valence-electron chi connectivity index (χ3n) is 3.90. The normalized spacial score (nSPS) is 14.1. The second-order valence-corrected chi connectivity index (χ2v) is 6.57. The van der Waals surface area contributed by atoms with Gasteiger partial charge in [0.15, 0.2) is 0 Å². The van der Waals surface area contributed by atoms with Crippen LogP contribution in [-0.2, 0) is 11.3 Å². The zero-order valence-electron chi connectivity index (χ0n) is 12.9. The molecule has 0 atom stereocenters. The molecule has 1 saturated heterocycles. The van der Waals surface area contributed by atoms with Crippen LogP contribution in [0.1, 0.15) is 28.8 Å². The third kappa shape index (κ3) is 3.82. The summed E-state index contributed by atoms with van der Waals surface area (Å²) in [6.07, 6.45) is 1.49. The molecule has 4 nitrogen and oxygen atoms in total. The van der Waals surface area contributed by atoms with Crippen molar-refractivity contribution in [3.05, 3.63) is 63.9 Å². The van der Waals surface area contributed by atoms with Crippen LogP contribution < -0.4 is 10.2 Å². The van der Waals surface area contributed by atoms with Gasteiger partial charge in [0.2, 0.25) is 5.91 Å². The van der Waals surface area contributed by atoms with E-state index in [1.807, 2.05) is 24.3 Å². The van der Waals surface area contributed by atoms with Gasteiger partial charge in [-0.3, -0.25) is 9.59 Å². The van der Waals surface area contributed by atoms with E-state index in [2.05, 4.69) is 21.2 Å². The van der Waals surface area contributed by atoms with E-state index >= 15 is 0 Å². The molecule has 24 heavy (non-hydrogen) atoms. The first-order valence-corrected chi connectivity index (χ1v) is 8.46. The summed E-state index contributed by atoms with van der Waals surface area (Å²) in [4.78, 5) is 25.6. The van der Waals surface area contributed by atoms with E-state index in [0.717, 1.165) is 24.2 Å². The van der Waals surface area contributed by atoms with Gasteiger partial charge in [-0.15, -0.1) is 0 Å². The fourth-order valence-corrected chi connectivity index (χ4v) is 3.15. The third-order valence-corrected chi connectivity index (χ3v) is 4.36. The number of carbonyl (C=O) groups excluding carboxylic acids is 2. The molecule has 0 radical (unpaired) electrons. The van der Waals surface area contributed by atoms with E-state index < -0.39 is 5.82 Å². The number of amides is 2. The van der Waals surface area contributed by atoms with Crippen LogP contribution in [-0.4, -0.2) is 18.4 Å². The summed E-state index contributed by atoms with van der Waals surface area (Å²) in [5.41, 5.74) is 2.05. The first-order valence-electron chi connectivity index (χ1n) is 7.66. The highest BCUT2D eigenvalue weighted by atomic mass is 79.9. The van der Waals surface area contributed by atoms with Crippen LogP contribution in [0, 0.1) is 5.82 Å². The molecule has 1 fully saturated rings. The SMILES string of the molecule is O=C(NCc1ccc(N2CCCC2=O)cc1)c1cc(F)cc(Br)c1. The summed E-state index contributed by atoms with van der Waals surface area (Å²) < 4.78 is 13.9. The molecule has 124 valence electrons. The number of benzene rings is 2. The van der Waals surface area contributed by atoms with Crippen molar-refractivity contribution in [3.8, 4) is 0 Å². The lowest BCUT2D eigenvalue weighted by Gasteiger charge is -2.16. The molecule has 1 aliphatic heterocycles. The summed E-state index contributed by atoms with van der Waals surface area (Å²) in [6, 6.07) is 11.6. The van der Waals surface area contributed by atoms with Gasteiger partial charge >= 0.3 is 0 Å². The fourth-order valence-electron chi connectivity index (χ4n) is 2.68. The molecule has 1 heterocycles. The molecule has 0 spiro atoms. The van der Waals surface area contributed by atoms with Gasteiger partial charge < -0.3 is 10.2 Å². The van der Waals surface area contributed by atoms with E-state index in [1.54, 1.807) is 11.0 Å². The molecular formula is C18H16BrFN2O2. The largest absolute Gasteiger partial charge is 0.348 e. The maximum Gasteiger partial charge on any atom is 0.251 e. The molecule has 6 heteroatoms. The number of rotatable bonds is 4. The number of nitrogens with one attached hydrogen (secondary N) is 1. The van der Waals surface area contributed by atoms with Crippen molar-refractivity contribution in [1.29, 1.82) is 0 Å². The van der Waals surface area contributed by atoms with Crippen LogP contribution in [0.25, 0.3) is 0 Å². The molecule has 1 aliphatic rings. The summed E-state index contributed by atoms with van der Waals surface area (Å²) >= 11 is 3.17. The molecule has 2 aromatic rings. The molecular weight excluding hydrogens is 375 g/mol. The monoisotopic (exact) mass is 390 g/mol. The number of anilines is 1. The van der Waals surface area contributed by atoms with Crippen LogP contribution in [0.5, 0.6) is 0 Å². The van der Waals surface area contributed by atoms with Crippen molar-refractivity contribution in [3.63, 3.8) is 0 Å². The number of carbonyl (C=O) groups is 2. The van der Waals surface area contributed by atoms with Gasteiger partial charge in [-0.05, 0) is 42.3 Å². The highest BCUT2D eigenvalue weighted by Gasteiger charge is 2.21. The second-order valence-electron chi connectivity index (χ2n) is 5.66. The van der Waals surface area contributed by atoms with Crippen LogP contribution >= 0.6 is 15.9 Å². The average Bonchev–Trinajstić information content (AvgIpc) is 2.98. The van der Waals surface area contributed by atoms with Gasteiger partial charge in [-0.1, -0.05) is 28.1 Å². The minimum Gasteiger partial charge on any atom is -0.348 e. The lowest BCUT2D eigenvalue weighted by atomic mass is 10.1. The molecule has 0 bridgehead atoms. The Bertz CT molecular complexity index is 757. The highest BCUT2D eigenvalue weighted by molar-refractivity contribution is 9.10. The zero-order valence-corrected chi connectivity index (χ0v) is 14.5. The first kappa shape index (κ1) is 16.6. The van der Waals surface area contributed by atoms with E-state index in [9.17, 15) is 14.0 Å².